The largest absolute Gasteiger partial charge is 0.448 e. The number of hydrogen-bond acceptors (Lipinski definition) is 3. The molecule has 0 saturated carbocycles. The number of benzene rings is 2. The summed E-state index contributed by atoms with van der Waals surface area (Å²) in [5.41, 5.74) is 1.93. The van der Waals surface area contributed by atoms with Crippen molar-refractivity contribution in [2.24, 2.45) is 5.10 Å². The minimum atomic E-state index is -0.450. The zero-order chi connectivity index (χ0) is 14.9. The Bertz CT molecular complexity index is 582. The number of carbonyl (C=O) groups excluding carboxylic acids is 1. The smallest absolute Gasteiger partial charge is 0.430 e. The van der Waals surface area contributed by atoms with E-state index in [0.29, 0.717) is 13.2 Å². The lowest BCUT2D eigenvalue weighted by Gasteiger charge is -2.16. The summed E-state index contributed by atoms with van der Waals surface area (Å²) < 4.78 is 5.04. The minimum Gasteiger partial charge on any atom is -0.448 e. The molecule has 21 heavy (non-hydrogen) atoms. The summed E-state index contributed by atoms with van der Waals surface area (Å²) in [6.07, 6.45) is 1.20. The van der Waals surface area contributed by atoms with E-state index in [-0.39, 0.29) is 0 Å². The normalized spacial score (nSPS) is 10.5. The molecule has 4 nitrogen and oxygen atoms in total. The molecule has 0 radical (unpaired) electrons. The first kappa shape index (κ1) is 14.8. The van der Waals surface area contributed by atoms with E-state index in [4.69, 9.17) is 4.74 Å². The van der Waals surface area contributed by atoms with Gasteiger partial charge in [-0.3, -0.25) is 0 Å². The van der Waals surface area contributed by atoms with Crippen LogP contribution in [-0.2, 0) is 11.3 Å². The summed E-state index contributed by atoms with van der Waals surface area (Å²) in [4.78, 5) is 12.0. The molecule has 0 unspecified atom stereocenters. The summed E-state index contributed by atoms with van der Waals surface area (Å²) >= 11 is 0. The van der Waals surface area contributed by atoms with Gasteiger partial charge in [-0.25, -0.2) is 4.79 Å². The Hall–Kier alpha value is -2.62. The Labute approximate surface area is 124 Å². The first-order valence-corrected chi connectivity index (χ1v) is 6.87. The summed E-state index contributed by atoms with van der Waals surface area (Å²) in [6.45, 7) is 2.48. The van der Waals surface area contributed by atoms with Gasteiger partial charge in [-0.1, -0.05) is 60.7 Å². The molecule has 0 bridgehead atoms. The Morgan fingerprint density at radius 2 is 1.71 bits per heavy atom. The maximum absolute atomic E-state index is 12.0. The van der Waals surface area contributed by atoms with Gasteiger partial charge in [0.15, 0.2) is 0 Å². The average Bonchev–Trinajstić information content (AvgIpc) is 2.53. The van der Waals surface area contributed by atoms with Crippen LogP contribution in [0.2, 0.25) is 0 Å². The number of amides is 1. The van der Waals surface area contributed by atoms with Crippen LogP contribution < -0.4 is 0 Å². The van der Waals surface area contributed by atoms with Gasteiger partial charge in [0.25, 0.3) is 0 Å². The number of carbonyl (C=O) groups is 1. The zero-order valence-corrected chi connectivity index (χ0v) is 12.0. The van der Waals surface area contributed by atoms with E-state index in [1.807, 2.05) is 60.7 Å². The molecular weight excluding hydrogens is 264 g/mol. The van der Waals surface area contributed by atoms with Crippen LogP contribution >= 0.6 is 0 Å². The van der Waals surface area contributed by atoms with Gasteiger partial charge in [0.1, 0.15) is 0 Å². The van der Waals surface area contributed by atoms with Crippen molar-refractivity contribution in [3.8, 4) is 0 Å². The van der Waals surface area contributed by atoms with E-state index in [2.05, 4.69) is 5.10 Å². The number of rotatable bonds is 5. The number of nitrogens with zero attached hydrogens (tertiary/aromatic N) is 2. The van der Waals surface area contributed by atoms with Crippen molar-refractivity contribution < 1.29 is 9.53 Å². The molecule has 4 heteroatoms. The molecular formula is C17H18N2O2. The molecule has 0 heterocycles. The molecule has 0 N–H and O–H groups in total. The van der Waals surface area contributed by atoms with E-state index >= 15 is 0 Å². The van der Waals surface area contributed by atoms with E-state index < -0.39 is 6.09 Å². The maximum atomic E-state index is 12.0. The quantitative estimate of drug-likeness (QED) is 0.620. The van der Waals surface area contributed by atoms with Gasteiger partial charge in [-0.05, 0) is 18.1 Å². The molecule has 0 aromatic heterocycles. The fourth-order valence-electron chi connectivity index (χ4n) is 1.78. The zero-order valence-electron chi connectivity index (χ0n) is 12.0. The molecule has 0 aliphatic carbocycles. The summed E-state index contributed by atoms with van der Waals surface area (Å²) in [5.74, 6) is 0. The van der Waals surface area contributed by atoms with Gasteiger partial charge in [-0.15, -0.1) is 0 Å². The fraction of sp³-hybridized carbons (Fsp3) is 0.176. The highest BCUT2D eigenvalue weighted by Crippen LogP contribution is 2.07. The van der Waals surface area contributed by atoms with E-state index in [0.717, 1.165) is 11.1 Å². The van der Waals surface area contributed by atoms with Crippen LogP contribution in [0.4, 0.5) is 4.79 Å². The van der Waals surface area contributed by atoms with Crippen LogP contribution in [0.15, 0.2) is 65.8 Å². The fourth-order valence-corrected chi connectivity index (χ4v) is 1.78. The highest BCUT2D eigenvalue weighted by Gasteiger charge is 2.13. The van der Waals surface area contributed by atoms with E-state index in [9.17, 15) is 4.79 Å². The molecule has 108 valence electrons. The predicted octanol–water partition coefficient (Wildman–Crippen LogP) is 3.68. The van der Waals surface area contributed by atoms with E-state index in [1.54, 1.807) is 13.1 Å². The monoisotopic (exact) mass is 282 g/mol. The van der Waals surface area contributed by atoms with Crippen LogP contribution in [0.5, 0.6) is 0 Å². The van der Waals surface area contributed by atoms with Crippen LogP contribution in [0, 0.1) is 0 Å². The summed E-state index contributed by atoms with van der Waals surface area (Å²) in [7, 11) is 0. The molecule has 0 aliphatic heterocycles. The SMILES string of the molecule is CCOC(=O)N(Cc1ccccc1)/N=C/c1ccccc1. The van der Waals surface area contributed by atoms with Crippen molar-refractivity contribution in [1.82, 2.24) is 5.01 Å². The second-order valence-corrected chi connectivity index (χ2v) is 4.40. The van der Waals surface area contributed by atoms with E-state index in [1.165, 1.54) is 5.01 Å². The van der Waals surface area contributed by atoms with Crippen molar-refractivity contribution in [2.45, 2.75) is 13.5 Å². The van der Waals surface area contributed by atoms with Gasteiger partial charge >= 0.3 is 6.09 Å². The Morgan fingerprint density at radius 3 is 2.33 bits per heavy atom. The lowest BCUT2D eigenvalue weighted by atomic mass is 10.2. The van der Waals surface area contributed by atoms with Gasteiger partial charge in [0, 0.05) is 0 Å². The summed E-state index contributed by atoms with van der Waals surface area (Å²) in [5, 5.41) is 5.57. The second kappa shape index (κ2) is 7.85. The number of hydrogen-bond donors (Lipinski definition) is 0. The van der Waals surface area contributed by atoms with Gasteiger partial charge in [0.05, 0.1) is 19.4 Å². The van der Waals surface area contributed by atoms with Gasteiger partial charge in [0.2, 0.25) is 0 Å². The highest BCUT2D eigenvalue weighted by atomic mass is 16.6. The molecule has 2 aromatic carbocycles. The average molecular weight is 282 g/mol. The first-order chi connectivity index (χ1) is 10.3. The Kier molecular flexibility index (Phi) is 5.52. The molecule has 2 rings (SSSR count). The molecule has 0 atom stereocenters. The van der Waals surface area contributed by atoms with Crippen molar-refractivity contribution in [1.29, 1.82) is 0 Å². The lowest BCUT2D eigenvalue weighted by molar-refractivity contribution is 0.106. The number of ether oxygens (including phenoxy) is 1. The van der Waals surface area contributed by atoms with Crippen LogP contribution in [-0.4, -0.2) is 23.9 Å². The molecule has 0 spiro atoms. The molecule has 0 fully saturated rings. The Morgan fingerprint density at radius 1 is 1.10 bits per heavy atom. The minimum absolute atomic E-state index is 0.324. The highest BCUT2D eigenvalue weighted by molar-refractivity contribution is 5.80. The standard InChI is InChI=1S/C17H18N2O2/c1-2-21-17(20)19(14-16-11-7-4-8-12-16)18-13-15-9-5-3-6-10-15/h3-13H,2,14H2,1H3/b18-13+. The predicted molar refractivity (Wildman–Crippen MR) is 83.0 cm³/mol. The molecule has 0 saturated heterocycles. The topological polar surface area (TPSA) is 41.9 Å². The van der Waals surface area contributed by atoms with Crippen LogP contribution in [0.1, 0.15) is 18.1 Å². The Balaban J connectivity index is 2.12. The van der Waals surface area contributed by atoms with Gasteiger partial charge in [-0.2, -0.15) is 10.1 Å². The maximum Gasteiger partial charge on any atom is 0.430 e. The van der Waals surface area contributed by atoms with Crippen molar-refractivity contribution in [3.05, 3.63) is 71.8 Å². The molecule has 1 amide bonds. The van der Waals surface area contributed by atoms with Crippen molar-refractivity contribution in [3.63, 3.8) is 0 Å². The van der Waals surface area contributed by atoms with Crippen LogP contribution in [0.25, 0.3) is 0 Å². The molecule has 2 aromatic rings. The van der Waals surface area contributed by atoms with Crippen LogP contribution in [0.3, 0.4) is 0 Å². The number of hydrazone groups is 1. The third-order valence-corrected chi connectivity index (χ3v) is 2.80. The van der Waals surface area contributed by atoms with Crippen molar-refractivity contribution in [2.75, 3.05) is 6.61 Å². The first-order valence-electron chi connectivity index (χ1n) is 6.87. The van der Waals surface area contributed by atoms with Gasteiger partial charge < -0.3 is 4.74 Å². The second-order valence-electron chi connectivity index (χ2n) is 4.40. The summed E-state index contributed by atoms with van der Waals surface area (Å²) in [6, 6.07) is 19.3. The third-order valence-electron chi connectivity index (χ3n) is 2.80. The molecule has 0 aliphatic rings. The third kappa shape index (κ3) is 4.76. The lowest BCUT2D eigenvalue weighted by Crippen LogP contribution is -2.26. The van der Waals surface area contributed by atoms with Crippen molar-refractivity contribution >= 4 is 12.3 Å².